The highest BCUT2D eigenvalue weighted by Crippen LogP contribution is 2.47. The molecule has 192 valence electrons. The van der Waals surface area contributed by atoms with Crippen molar-refractivity contribution < 1.29 is 14.4 Å². The molecule has 8 nitrogen and oxygen atoms in total. The van der Waals surface area contributed by atoms with Gasteiger partial charge in [0.1, 0.15) is 12.4 Å². The Morgan fingerprint density at radius 1 is 1.03 bits per heavy atom. The van der Waals surface area contributed by atoms with E-state index in [1.54, 1.807) is 11.1 Å². The fourth-order valence-corrected chi connectivity index (χ4v) is 6.84. The summed E-state index contributed by atoms with van der Waals surface area (Å²) in [6.07, 6.45) is 4.71. The Labute approximate surface area is 221 Å². The standard InChI is InChI=1S/C30H29N5O3/c36-26(18-35-25(19-6-2-1-3-7-19)17-34-13-5-9-24(34)28(35)37)32-22-11-10-20-15-30(16-21(20)14-22)23-8-4-12-31-27(23)33-29(30)38/h1-4,6-8,10-12,14,24-25H,5,9,13,15-18H2,(H,32,36)(H,31,33,38)/t24?,25-,30-/m1/s1. The van der Waals surface area contributed by atoms with E-state index in [-0.39, 0.29) is 36.3 Å². The zero-order valence-electron chi connectivity index (χ0n) is 21.0. The molecule has 0 saturated carbocycles. The molecule has 1 spiro atoms. The fourth-order valence-electron chi connectivity index (χ4n) is 6.84. The van der Waals surface area contributed by atoms with Crippen LogP contribution in [0.4, 0.5) is 11.5 Å². The number of anilines is 2. The third-order valence-electron chi connectivity index (χ3n) is 8.68. The minimum atomic E-state index is -0.648. The molecule has 4 heterocycles. The number of rotatable bonds is 4. The number of amides is 3. The van der Waals surface area contributed by atoms with Crippen LogP contribution in [0.1, 0.15) is 41.1 Å². The van der Waals surface area contributed by atoms with Crippen molar-refractivity contribution in [2.45, 2.75) is 43.2 Å². The molecule has 3 aromatic rings. The summed E-state index contributed by atoms with van der Waals surface area (Å²) in [4.78, 5) is 48.1. The molecule has 1 aromatic heterocycles. The normalized spacial score (nSPS) is 25.7. The Morgan fingerprint density at radius 3 is 2.74 bits per heavy atom. The number of nitrogens with one attached hydrogen (secondary N) is 2. The number of hydrogen-bond acceptors (Lipinski definition) is 5. The van der Waals surface area contributed by atoms with E-state index in [1.807, 2.05) is 60.7 Å². The maximum absolute atomic E-state index is 13.5. The largest absolute Gasteiger partial charge is 0.325 e. The zero-order chi connectivity index (χ0) is 25.9. The van der Waals surface area contributed by atoms with E-state index in [1.165, 1.54) is 0 Å². The molecule has 38 heavy (non-hydrogen) atoms. The van der Waals surface area contributed by atoms with Gasteiger partial charge in [0.15, 0.2) is 0 Å². The number of aromatic nitrogens is 1. The molecule has 2 aromatic carbocycles. The first-order chi connectivity index (χ1) is 18.5. The molecule has 2 saturated heterocycles. The van der Waals surface area contributed by atoms with E-state index < -0.39 is 5.41 Å². The number of carbonyl (C=O) groups is 3. The summed E-state index contributed by atoms with van der Waals surface area (Å²) in [5.41, 5.74) is 4.16. The predicted molar refractivity (Wildman–Crippen MR) is 143 cm³/mol. The molecule has 2 N–H and O–H groups in total. The third-order valence-corrected chi connectivity index (χ3v) is 8.68. The summed E-state index contributed by atoms with van der Waals surface area (Å²) in [6.45, 7) is 1.67. The lowest BCUT2D eigenvalue weighted by Crippen LogP contribution is -2.57. The summed E-state index contributed by atoms with van der Waals surface area (Å²) < 4.78 is 0. The van der Waals surface area contributed by atoms with Crippen LogP contribution < -0.4 is 10.6 Å². The van der Waals surface area contributed by atoms with Gasteiger partial charge in [0, 0.05) is 24.0 Å². The van der Waals surface area contributed by atoms with Gasteiger partial charge in [-0.3, -0.25) is 19.3 Å². The number of piperazine rings is 1. The molecule has 1 unspecified atom stereocenters. The van der Waals surface area contributed by atoms with Crippen LogP contribution in [0.2, 0.25) is 0 Å². The van der Waals surface area contributed by atoms with Gasteiger partial charge in [-0.15, -0.1) is 0 Å². The number of pyridine rings is 1. The molecule has 3 aliphatic heterocycles. The van der Waals surface area contributed by atoms with E-state index in [9.17, 15) is 14.4 Å². The molecular formula is C30H29N5O3. The van der Waals surface area contributed by atoms with Gasteiger partial charge in [0.2, 0.25) is 17.7 Å². The Morgan fingerprint density at radius 2 is 1.87 bits per heavy atom. The molecule has 1 aliphatic carbocycles. The van der Waals surface area contributed by atoms with Crippen LogP contribution in [0.15, 0.2) is 66.9 Å². The first-order valence-electron chi connectivity index (χ1n) is 13.3. The average molecular weight is 508 g/mol. The lowest BCUT2D eigenvalue weighted by Gasteiger charge is -2.43. The van der Waals surface area contributed by atoms with Gasteiger partial charge in [0.05, 0.1) is 17.5 Å². The summed E-state index contributed by atoms with van der Waals surface area (Å²) in [5.74, 6) is 0.433. The molecule has 3 atom stereocenters. The van der Waals surface area contributed by atoms with Crippen LogP contribution in [0, 0.1) is 0 Å². The van der Waals surface area contributed by atoms with Crippen LogP contribution in [0.25, 0.3) is 0 Å². The second-order valence-electron chi connectivity index (χ2n) is 10.9. The van der Waals surface area contributed by atoms with Crippen molar-refractivity contribution in [3.63, 3.8) is 0 Å². The van der Waals surface area contributed by atoms with Gasteiger partial charge < -0.3 is 15.5 Å². The first kappa shape index (κ1) is 23.1. The van der Waals surface area contributed by atoms with Crippen molar-refractivity contribution in [1.82, 2.24) is 14.8 Å². The minimum absolute atomic E-state index is 0.00517. The molecule has 0 bridgehead atoms. The van der Waals surface area contributed by atoms with Gasteiger partial charge in [-0.25, -0.2) is 4.98 Å². The average Bonchev–Trinajstić information content (AvgIpc) is 3.62. The van der Waals surface area contributed by atoms with E-state index >= 15 is 0 Å². The molecule has 4 aliphatic rings. The second-order valence-corrected chi connectivity index (χ2v) is 10.9. The van der Waals surface area contributed by atoms with E-state index in [0.717, 1.165) is 48.2 Å². The molecular weight excluding hydrogens is 478 g/mol. The van der Waals surface area contributed by atoms with Crippen molar-refractivity contribution >= 4 is 29.2 Å². The van der Waals surface area contributed by atoms with E-state index in [4.69, 9.17) is 0 Å². The zero-order valence-corrected chi connectivity index (χ0v) is 21.0. The highest BCUT2D eigenvalue weighted by Gasteiger charge is 2.51. The molecule has 0 radical (unpaired) electrons. The lowest BCUT2D eigenvalue weighted by atomic mass is 9.79. The summed E-state index contributed by atoms with van der Waals surface area (Å²) in [6, 6.07) is 19.4. The van der Waals surface area contributed by atoms with Crippen molar-refractivity contribution in [3.8, 4) is 0 Å². The van der Waals surface area contributed by atoms with Crippen LogP contribution in [-0.4, -0.2) is 58.2 Å². The summed E-state index contributed by atoms with van der Waals surface area (Å²) >= 11 is 0. The van der Waals surface area contributed by atoms with Crippen molar-refractivity contribution in [3.05, 3.63) is 89.1 Å². The Hall–Kier alpha value is -4.04. The Kier molecular flexibility index (Phi) is 5.33. The van der Waals surface area contributed by atoms with Crippen molar-refractivity contribution in [2.24, 2.45) is 0 Å². The third kappa shape index (κ3) is 3.62. The number of fused-ring (bicyclic) bond motifs is 4. The number of benzene rings is 2. The van der Waals surface area contributed by atoms with Gasteiger partial charge in [-0.1, -0.05) is 42.5 Å². The topological polar surface area (TPSA) is 94.6 Å². The minimum Gasteiger partial charge on any atom is -0.325 e. The van der Waals surface area contributed by atoms with E-state index in [2.05, 4.69) is 20.5 Å². The fraction of sp³-hybridized carbons (Fsp3) is 0.333. The Balaban J connectivity index is 1.10. The smallest absolute Gasteiger partial charge is 0.244 e. The first-order valence-corrected chi connectivity index (χ1v) is 13.3. The summed E-state index contributed by atoms with van der Waals surface area (Å²) in [7, 11) is 0. The second kappa shape index (κ2) is 8.77. The number of nitrogens with zero attached hydrogens (tertiary/aromatic N) is 3. The molecule has 7 rings (SSSR count). The van der Waals surface area contributed by atoms with Crippen LogP contribution in [0.3, 0.4) is 0 Å². The monoisotopic (exact) mass is 507 g/mol. The van der Waals surface area contributed by atoms with Crippen LogP contribution in [0.5, 0.6) is 0 Å². The molecule has 2 fully saturated rings. The van der Waals surface area contributed by atoms with Gasteiger partial charge in [0.25, 0.3) is 0 Å². The maximum Gasteiger partial charge on any atom is 0.244 e. The Bertz CT molecular complexity index is 1460. The molecule has 3 amide bonds. The highest BCUT2D eigenvalue weighted by atomic mass is 16.2. The quantitative estimate of drug-likeness (QED) is 0.566. The molecule has 8 heteroatoms. The SMILES string of the molecule is O=C(CN1C(=O)C2CCCN2C[C@@H]1c1ccccc1)Nc1ccc2c(c1)C[C@@]1(C2)C(=O)Nc2ncccc21. The highest BCUT2D eigenvalue weighted by molar-refractivity contribution is 6.06. The van der Waals surface area contributed by atoms with Crippen LogP contribution >= 0.6 is 0 Å². The predicted octanol–water partition coefficient (Wildman–Crippen LogP) is 3.06. The number of carbonyl (C=O) groups excluding carboxylic acids is 3. The summed E-state index contributed by atoms with van der Waals surface area (Å²) in [5, 5.41) is 5.96. The van der Waals surface area contributed by atoms with Crippen LogP contribution in [-0.2, 0) is 32.6 Å². The maximum atomic E-state index is 13.5. The van der Waals surface area contributed by atoms with Crippen molar-refractivity contribution in [2.75, 3.05) is 30.3 Å². The van der Waals surface area contributed by atoms with Crippen molar-refractivity contribution in [1.29, 1.82) is 0 Å². The van der Waals surface area contributed by atoms with Gasteiger partial charge in [-0.2, -0.15) is 0 Å². The van der Waals surface area contributed by atoms with Gasteiger partial charge in [-0.05, 0) is 67.1 Å². The number of hydrogen-bond donors (Lipinski definition) is 2. The van der Waals surface area contributed by atoms with Gasteiger partial charge >= 0.3 is 0 Å². The lowest BCUT2D eigenvalue weighted by molar-refractivity contribution is -0.147. The van der Waals surface area contributed by atoms with E-state index in [0.29, 0.717) is 24.3 Å².